The Bertz CT molecular complexity index is 801. The maximum atomic E-state index is 6.98. The number of thioether (sulfide) groups is 2. The smallest absolute Gasteiger partial charge is 0.172 e. The van der Waals surface area contributed by atoms with E-state index in [2.05, 4.69) is 81.4 Å². The first-order valence-corrected chi connectivity index (χ1v) is 15.7. The number of hydrogen-bond donors (Lipinski definition) is 0. The van der Waals surface area contributed by atoms with E-state index in [1.807, 2.05) is 23.5 Å². The van der Waals surface area contributed by atoms with Gasteiger partial charge in [0.2, 0.25) is 0 Å². The molecule has 192 valence electrons. The first-order chi connectivity index (χ1) is 17.0. The van der Waals surface area contributed by atoms with E-state index >= 15 is 0 Å². The zero-order chi connectivity index (χ0) is 24.5. The van der Waals surface area contributed by atoms with Gasteiger partial charge in [0.25, 0.3) is 0 Å². The third-order valence-electron chi connectivity index (χ3n) is 7.60. The van der Waals surface area contributed by atoms with Crippen molar-refractivity contribution in [3.05, 3.63) is 60.7 Å². The Hall–Kier alpha value is -0.940. The lowest BCUT2D eigenvalue weighted by Gasteiger charge is -2.53. The molecule has 2 fully saturated rings. The van der Waals surface area contributed by atoms with Gasteiger partial charge in [-0.3, -0.25) is 0 Å². The second-order valence-electron chi connectivity index (χ2n) is 10.9. The monoisotopic (exact) mass is 512 g/mol. The molecule has 4 rings (SSSR count). The van der Waals surface area contributed by atoms with Crippen LogP contribution in [0.1, 0.15) is 72.1 Å². The lowest BCUT2D eigenvalue weighted by molar-refractivity contribution is -0.360. The van der Waals surface area contributed by atoms with E-state index in [0.29, 0.717) is 30.0 Å². The Balaban J connectivity index is 1.35. The van der Waals surface area contributed by atoms with Gasteiger partial charge in [0.15, 0.2) is 5.79 Å². The van der Waals surface area contributed by atoms with Crippen LogP contribution in [0.25, 0.3) is 0 Å². The topological polar surface area (TPSA) is 18.5 Å². The summed E-state index contributed by atoms with van der Waals surface area (Å²) in [6, 6.07) is 21.6. The van der Waals surface area contributed by atoms with Gasteiger partial charge < -0.3 is 9.47 Å². The molecule has 0 radical (unpaired) electrons. The lowest BCUT2D eigenvalue weighted by atomic mass is 9.72. The summed E-state index contributed by atoms with van der Waals surface area (Å²) in [5.74, 6) is 3.69. The molecule has 1 aliphatic carbocycles. The maximum Gasteiger partial charge on any atom is 0.172 e. The largest absolute Gasteiger partial charge is 0.346 e. The van der Waals surface area contributed by atoms with Crippen molar-refractivity contribution in [1.82, 2.24) is 0 Å². The molecule has 35 heavy (non-hydrogen) atoms. The van der Waals surface area contributed by atoms with Crippen LogP contribution in [0.2, 0.25) is 0 Å². The van der Waals surface area contributed by atoms with Gasteiger partial charge in [0.1, 0.15) is 0 Å². The Morgan fingerprint density at radius 1 is 0.800 bits per heavy atom. The summed E-state index contributed by atoms with van der Waals surface area (Å²) in [6.07, 6.45) is 9.93. The van der Waals surface area contributed by atoms with E-state index < -0.39 is 0 Å². The Morgan fingerprint density at radius 2 is 1.31 bits per heavy atom. The van der Waals surface area contributed by atoms with Crippen LogP contribution < -0.4 is 0 Å². The van der Waals surface area contributed by atoms with Crippen LogP contribution >= 0.6 is 23.5 Å². The predicted molar refractivity (Wildman–Crippen MR) is 151 cm³/mol. The minimum atomic E-state index is -0.376. The van der Waals surface area contributed by atoms with Crippen LogP contribution in [-0.4, -0.2) is 29.5 Å². The maximum absolute atomic E-state index is 6.98. The minimum absolute atomic E-state index is 0.318. The fraction of sp³-hybridized carbons (Fsp3) is 0.613. The summed E-state index contributed by atoms with van der Waals surface area (Å²) in [7, 11) is 0. The molecule has 0 N–H and O–H groups in total. The van der Waals surface area contributed by atoms with Crippen molar-refractivity contribution in [2.75, 3.05) is 11.5 Å². The molecular weight excluding hydrogens is 468 g/mol. The van der Waals surface area contributed by atoms with Gasteiger partial charge in [-0.25, -0.2) is 0 Å². The molecule has 1 aliphatic heterocycles. The number of hydrogen-bond acceptors (Lipinski definition) is 4. The Labute approximate surface area is 222 Å². The molecule has 0 bridgehead atoms. The molecule has 2 nitrogen and oxygen atoms in total. The third-order valence-corrected chi connectivity index (χ3v) is 9.79. The van der Waals surface area contributed by atoms with Crippen LogP contribution in [0.15, 0.2) is 70.5 Å². The van der Waals surface area contributed by atoms with Gasteiger partial charge in [0, 0.05) is 28.6 Å². The first kappa shape index (κ1) is 27.1. The van der Waals surface area contributed by atoms with Crippen molar-refractivity contribution >= 4 is 23.5 Å². The highest BCUT2D eigenvalue weighted by Crippen LogP contribution is 2.49. The van der Waals surface area contributed by atoms with E-state index in [4.69, 9.17) is 9.47 Å². The van der Waals surface area contributed by atoms with Crippen LogP contribution in [0, 0.1) is 17.8 Å². The van der Waals surface area contributed by atoms with Crippen molar-refractivity contribution in [3.63, 3.8) is 0 Å². The summed E-state index contributed by atoms with van der Waals surface area (Å²) >= 11 is 3.94. The Morgan fingerprint density at radius 3 is 1.80 bits per heavy atom. The second-order valence-corrected chi connectivity index (χ2v) is 13.2. The lowest BCUT2D eigenvalue weighted by Crippen LogP contribution is -2.57. The number of benzene rings is 2. The summed E-state index contributed by atoms with van der Waals surface area (Å²) in [5, 5.41) is 0. The molecule has 1 spiro atoms. The van der Waals surface area contributed by atoms with Crippen molar-refractivity contribution in [2.24, 2.45) is 17.8 Å². The summed E-state index contributed by atoms with van der Waals surface area (Å²) in [6.45, 7) is 7.11. The van der Waals surface area contributed by atoms with Gasteiger partial charge in [-0.15, -0.1) is 23.5 Å². The molecule has 1 saturated heterocycles. The van der Waals surface area contributed by atoms with E-state index in [1.54, 1.807) is 0 Å². The fourth-order valence-corrected chi connectivity index (χ4v) is 7.70. The average molecular weight is 513 g/mol. The molecule has 0 amide bonds. The van der Waals surface area contributed by atoms with E-state index in [1.165, 1.54) is 35.5 Å². The van der Waals surface area contributed by atoms with Crippen molar-refractivity contribution < 1.29 is 9.47 Å². The standard InChI is InChI=1S/C31H44O2S2/c1-24(2)30-19-18-25(3)23-31(30)32-26(12-10-20-34-28-14-6-4-7-15-28)22-27(33-31)13-11-21-35-29-16-8-5-9-17-29/h4-9,14-17,24-27,30H,10-13,18-23H2,1-3H3/t25-,26-,27+,30+,31?/m1/s1. The molecule has 1 heterocycles. The third kappa shape index (κ3) is 8.02. The molecule has 2 aliphatic rings. The number of rotatable bonds is 11. The summed E-state index contributed by atoms with van der Waals surface area (Å²) < 4.78 is 14.0. The van der Waals surface area contributed by atoms with Crippen LogP contribution in [0.4, 0.5) is 0 Å². The first-order valence-electron chi connectivity index (χ1n) is 13.8. The van der Waals surface area contributed by atoms with Gasteiger partial charge in [-0.05, 0) is 79.7 Å². The highest BCUT2D eigenvalue weighted by Gasteiger charge is 2.51. The average Bonchev–Trinajstić information content (AvgIpc) is 2.85. The molecule has 2 aromatic rings. The molecular formula is C31H44O2S2. The van der Waals surface area contributed by atoms with Gasteiger partial charge in [-0.2, -0.15) is 0 Å². The van der Waals surface area contributed by atoms with E-state index in [0.717, 1.165) is 37.2 Å². The van der Waals surface area contributed by atoms with Crippen LogP contribution in [-0.2, 0) is 9.47 Å². The van der Waals surface area contributed by atoms with Crippen molar-refractivity contribution in [2.45, 2.75) is 99.9 Å². The van der Waals surface area contributed by atoms with Crippen LogP contribution in [0.3, 0.4) is 0 Å². The van der Waals surface area contributed by atoms with Crippen LogP contribution in [0.5, 0.6) is 0 Å². The molecule has 1 unspecified atom stereocenters. The van der Waals surface area contributed by atoms with Crippen molar-refractivity contribution in [3.8, 4) is 0 Å². The summed E-state index contributed by atoms with van der Waals surface area (Å²) in [5.41, 5.74) is 0. The molecule has 0 aromatic heterocycles. The quantitative estimate of drug-likeness (QED) is 0.221. The highest BCUT2D eigenvalue weighted by molar-refractivity contribution is 7.99. The minimum Gasteiger partial charge on any atom is -0.346 e. The van der Waals surface area contributed by atoms with Gasteiger partial charge in [0.05, 0.1) is 12.2 Å². The van der Waals surface area contributed by atoms with E-state index in [-0.39, 0.29) is 5.79 Å². The zero-order valence-electron chi connectivity index (χ0n) is 21.9. The second kappa shape index (κ2) is 13.6. The zero-order valence-corrected chi connectivity index (χ0v) is 23.5. The van der Waals surface area contributed by atoms with Gasteiger partial charge >= 0.3 is 0 Å². The highest BCUT2D eigenvalue weighted by atomic mass is 32.2. The molecule has 4 heteroatoms. The number of ether oxygens (including phenoxy) is 2. The van der Waals surface area contributed by atoms with Gasteiger partial charge in [-0.1, -0.05) is 63.6 Å². The summed E-state index contributed by atoms with van der Waals surface area (Å²) in [4.78, 5) is 2.73. The molecule has 2 aromatic carbocycles. The Kier molecular flexibility index (Phi) is 10.5. The molecule has 5 atom stereocenters. The van der Waals surface area contributed by atoms with E-state index in [9.17, 15) is 0 Å². The predicted octanol–water partition coefficient (Wildman–Crippen LogP) is 9.09. The SMILES string of the molecule is CC(C)[C@@H]1CC[C@@H](C)CC12O[C@H](CCCSc1ccccc1)C[C@H](CCCSc1ccccc1)O2. The fourth-order valence-electron chi connectivity index (χ4n) is 5.91. The normalized spacial score (nSPS) is 29.0. The molecule has 1 saturated carbocycles. The van der Waals surface area contributed by atoms with Crippen molar-refractivity contribution in [1.29, 1.82) is 0 Å².